The van der Waals surface area contributed by atoms with Crippen molar-refractivity contribution >= 4 is 31.9 Å². The average Bonchev–Trinajstić information content (AvgIpc) is 2.66. The molecule has 2 aromatic carbocycles. The molecule has 2 aromatic rings. The summed E-state index contributed by atoms with van der Waals surface area (Å²) in [5.74, 6) is 1.68. The Hall–Kier alpha value is -0.680. The normalized spacial score (nSPS) is 20.2. The fourth-order valence-electron chi connectivity index (χ4n) is 3.69. The van der Waals surface area contributed by atoms with Gasteiger partial charge in [0.2, 0.25) is 0 Å². The minimum Gasteiger partial charge on any atom is -0.312 e. The Kier molecular flexibility index (Phi) is 8.18. The summed E-state index contributed by atoms with van der Waals surface area (Å²) < 4.78 is 2.29. The highest BCUT2D eigenvalue weighted by molar-refractivity contribution is 9.10. The summed E-state index contributed by atoms with van der Waals surface area (Å²) >= 11 is 6.98. The molecule has 3 rings (SSSR count). The Labute approximate surface area is 174 Å². The number of halogens is 2. The molecule has 0 atom stereocenters. The van der Waals surface area contributed by atoms with E-state index in [1.807, 2.05) is 0 Å². The van der Waals surface area contributed by atoms with Crippen molar-refractivity contribution in [3.63, 3.8) is 0 Å². The van der Waals surface area contributed by atoms with Gasteiger partial charge in [-0.15, -0.1) is 0 Å². The largest absolute Gasteiger partial charge is 0.312 e. The minimum absolute atomic E-state index is 0.841. The maximum absolute atomic E-state index is 3.64. The van der Waals surface area contributed by atoms with Gasteiger partial charge in [0.15, 0.2) is 0 Å². The second kappa shape index (κ2) is 10.6. The van der Waals surface area contributed by atoms with E-state index in [0.717, 1.165) is 47.0 Å². The molecule has 0 saturated heterocycles. The maximum Gasteiger partial charge on any atom is 0.0205 e. The lowest BCUT2D eigenvalue weighted by atomic mass is 9.82. The minimum atomic E-state index is 0.841. The Morgan fingerprint density at radius 3 is 1.31 bits per heavy atom. The summed E-state index contributed by atoms with van der Waals surface area (Å²) in [7, 11) is 0. The van der Waals surface area contributed by atoms with Crippen molar-refractivity contribution in [2.24, 2.45) is 11.8 Å². The molecule has 1 aliphatic carbocycles. The van der Waals surface area contributed by atoms with Gasteiger partial charge >= 0.3 is 0 Å². The first-order valence-corrected chi connectivity index (χ1v) is 11.2. The van der Waals surface area contributed by atoms with E-state index in [9.17, 15) is 0 Å². The van der Waals surface area contributed by atoms with Crippen LogP contribution in [0, 0.1) is 11.8 Å². The zero-order valence-electron chi connectivity index (χ0n) is 15.2. The maximum atomic E-state index is 3.64. The molecule has 0 amide bonds. The third kappa shape index (κ3) is 6.80. The quantitative estimate of drug-likeness (QED) is 0.492. The summed E-state index contributed by atoms with van der Waals surface area (Å²) in [4.78, 5) is 0. The smallest absolute Gasteiger partial charge is 0.0205 e. The highest BCUT2D eigenvalue weighted by Gasteiger charge is 2.20. The third-order valence-electron chi connectivity index (χ3n) is 5.32. The molecule has 140 valence electrons. The van der Waals surface area contributed by atoms with Crippen LogP contribution in [0.25, 0.3) is 0 Å². The first kappa shape index (κ1) is 20.1. The number of benzene rings is 2. The summed E-state index contributed by atoms with van der Waals surface area (Å²) in [6.45, 7) is 4.24. The zero-order valence-corrected chi connectivity index (χ0v) is 18.4. The van der Waals surface area contributed by atoms with Gasteiger partial charge in [-0.2, -0.15) is 0 Å². The van der Waals surface area contributed by atoms with E-state index in [-0.39, 0.29) is 0 Å². The second-order valence-electron chi connectivity index (χ2n) is 7.40. The lowest BCUT2D eigenvalue weighted by Gasteiger charge is -2.29. The lowest BCUT2D eigenvalue weighted by molar-refractivity contribution is 0.261. The van der Waals surface area contributed by atoms with Gasteiger partial charge in [-0.05, 0) is 86.0 Å². The summed E-state index contributed by atoms with van der Waals surface area (Å²) in [5.41, 5.74) is 2.72. The van der Waals surface area contributed by atoms with Crippen LogP contribution in [0.2, 0.25) is 0 Å². The number of hydrogen-bond acceptors (Lipinski definition) is 2. The van der Waals surface area contributed by atoms with Crippen molar-refractivity contribution in [1.29, 1.82) is 0 Å². The fourth-order valence-corrected chi connectivity index (χ4v) is 4.21. The van der Waals surface area contributed by atoms with Gasteiger partial charge in [0.1, 0.15) is 0 Å². The first-order chi connectivity index (χ1) is 12.7. The topological polar surface area (TPSA) is 24.1 Å². The van der Waals surface area contributed by atoms with Crippen LogP contribution in [0.15, 0.2) is 57.5 Å². The molecule has 0 radical (unpaired) electrons. The van der Waals surface area contributed by atoms with E-state index in [1.54, 1.807) is 0 Å². The number of hydrogen-bond donors (Lipinski definition) is 2. The van der Waals surface area contributed by atoms with Crippen molar-refractivity contribution in [2.75, 3.05) is 13.1 Å². The van der Waals surface area contributed by atoms with Crippen LogP contribution in [0.1, 0.15) is 36.8 Å². The van der Waals surface area contributed by atoms with E-state index < -0.39 is 0 Å². The molecule has 2 N–H and O–H groups in total. The summed E-state index contributed by atoms with van der Waals surface area (Å²) in [6, 6.07) is 17.2. The van der Waals surface area contributed by atoms with E-state index in [0.29, 0.717) is 0 Å². The molecule has 1 fully saturated rings. The Morgan fingerprint density at radius 1 is 0.615 bits per heavy atom. The molecule has 1 saturated carbocycles. The van der Waals surface area contributed by atoms with Gasteiger partial charge in [0.05, 0.1) is 0 Å². The number of rotatable bonds is 8. The Morgan fingerprint density at radius 2 is 0.962 bits per heavy atom. The van der Waals surface area contributed by atoms with Crippen LogP contribution < -0.4 is 10.6 Å². The highest BCUT2D eigenvalue weighted by Crippen LogP contribution is 2.28. The summed E-state index contributed by atoms with van der Waals surface area (Å²) in [5, 5.41) is 7.28. The van der Waals surface area contributed by atoms with Crippen LogP contribution in [-0.2, 0) is 13.1 Å². The Bertz CT molecular complexity index is 587. The van der Waals surface area contributed by atoms with Gasteiger partial charge < -0.3 is 10.6 Å². The van der Waals surface area contributed by atoms with Gasteiger partial charge in [-0.3, -0.25) is 0 Å². The zero-order chi connectivity index (χ0) is 18.2. The summed E-state index contributed by atoms with van der Waals surface area (Å²) in [6.07, 6.45) is 5.44. The van der Waals surface area contributed by atoms with E-state index in [2.05, 4.69) is 91.0 Å². The second-order valence-corrected chi connectivity index (χ2v) is 9.23. The molecule has 26 heavy (non-hydrogen) atoms. The van der Waals surface area contributed by atoms with Crippen molar-refractivity contribution in [1.82, 2.24) is 10.6 Å². The third-order valence-corrected chi connectivity index (χ3v) is 6.37. The van der Waals surface area contributed by atoms with Crippen molar-refractivity contribution in [2.45, 2.75) is 38.8 Å². The van der Waals surface area contributed by atoms with Crippen LogP contribution in [0.4, 0.5) is 0 Å². The van der Waals surface area contributed by atoms with Crippen LogP contribution in [0.3, 0.4) is 0 Å². The monoisotopic (exact) mass is 478 g/mol. The van der Waals surface area contributed by atoms with E-state index >= 15 is 0 Å². The molecule has 4 heteroatoms. The van der Waals surface area contributed by atoms with Crippen LogP contribution in [0.5, 0.6) is 0 Å². The Balaban J connectivity index is 1.27. The molecule has 1 aliphatic rings. The molecule has 0 unspecified atom stereocenters. The van der Waals surface area contributed by atoms with E-state index in [4.69, 9.17) is 0 Å². The van der Waals surface area contributed by atoms with E-state index in [1.165, 1.54) is 36.8 Å². The van der Waals surface area contributed by atoms with Gasteiger partial charge in [0, 0.05) is 22.0 Å². The molecule has 2 nitrogen and oxygen atoms in total. The molecule has 0 spiro atoms. The van der Waals surface area contributed by atoms with Gasteiger partial charge in [0.25, 0.3) is 0 Å². The SMILES string of the molecule is Brc1ccc(CNCC2CCC(CNCc3ccc(Br)cc3)CC2)cc1. The molecule has 0 heterocycles. The molecular formula is C22H28Br2N2. The van der Waals surface area contributed by atoms with Gasteiger partial charge in [-0.1, -0.05) is 56.1 Å². The van der Waals surface area contributed by atoms with Gasteiger partial charge in [-0.25, -0.2) is 0 Å². The number of nitrogens with one attached hydrogen (secondary N) is 2. The molecule has 0 aromatic heterocycles. The predicted molar refractivity (Wildman–Crippen MR) is 117 cm³/mol. The molecule has 0 aliphatic heterocycles. The van der Waals surface area contributed by atoms with Crippen molar-refractivity contribution in [3.05, 3.63) is 68.6 Å². The average molecular weight is 480 g/mol. The molecular weight excluding hydrogens is 452 g/mol. The fraction of sp³-hybridized carbons (Fsp3) is 0.455. The molecule has 0 bridgehead atoms. The highest BCUT2D eigenvalue weighted by atomic mass is 79.9. The lowest BCUT2D eigenvalue weighted by Crippen LogP contribution is -2.30. The standard InChI is InChI=1S/C22H28Br2N2/c23-21-9-5-19(6-10-21)15-25-13-17-1-2-18(4-3-17)14-26-16-20-7-11-22(24)12-8-20/h5-12,17-18,25-26H,1-4,13-16H2. The van der Waals surface area contributed by atoms with Crippen molar-refractivity contribution < 1.29 is 0 Å². The first-order valence-electron chi connectivity index (χ1n) is 9.59. The van der Waals surface area contributed by atoms with Crippen molar-refractivity contribution in [3.8, 4) is 0 Å². The van der Waals surface area contributed by atoms with Crippen LogP contribution >= 0.6 is 31.9 Å². The van der Waals surface area contributed by atoms with Crippen LogP contribution in [-0.4, -0.2) is 13.1 Å². The predicted octanol–water partition coefficient (Wildman–Crippen LogP) is 5.90.